The van der Waals surface area contributed by atoms with Crippen LogP contribution in [0.2, 0.25) is 4.34 Å². The van der Waals surface area contributed by atoms with Crippen LogP contribution in [0.5, 0.6) is 0 Å². The second kappa shape index (κ2) is 8.06. The number of likely N-dealkylation sites (tertiary alicyclic amines) is 1. The van der Waals surface area contributed by atoms with Crippen LogP contribution in [0.15, 0.2) is 40.6 Å². The van der Waals surface area contributed by atoms with Crippen molar-refractivity contribution < 1.29 is 13.2 Å². The molecule has 10 heteroatoms. The quantitative estimate of drug-likeness (QED) is 0.643. The number of nitrogens with zero attached hydrogens (tertiary/aromatic N) is 3. The summed E-state index contributed by atoms with van der Waals surface area (Å²) in [6.07, 6.45) is 1.59. The van der Waals surface area contributed by atoms with Crippen molar-refractivity contribution in [3.05, 3.63) is 46.6 Å². The van der Waals surface area contributed by atoms with E-state index in [1.54, 1.807) is 4.90 Å². The molecule has 0 saturated carbocycles. The maximum Gasteiger partial charge on any atom is 0.252 e. The van der Waals surface area contributed by atoms with Crippen LogP contribution in [0.1, 0.15) is 24.6 Å². The topological polar surface area (TPSA) is 86.4 Å². The molecule has 0 atom stereocenters. The van der Waals surface area contributed by atoms with E-state index in [1.165, 1.54) is 19.2 Å². The predicted molar refractivity (Wildman–Crippen MR) is 114 cm³/mol. The van der Waals surface area contributed by atoms with E-state index in [2.05, 4.69) is 9.97 Å². The first-order valence-electron chi connectivity index (χ1n) is 9.28. The number of carbonyl (C=O) groups is 1. The van der Waals surface area contributed by atoms with E-state index in [9.17, 15) is 13.2 Å². The number of carbonyl (C=O) groups excluding carboxylic acids is 1. The van der Waals surface area contributed by atoms with Gasteiger partial charge in [0.25, 0.3) is 10.0 Å². The fraction of sp³-hybridized carbons (Fsp3) is 0.368. The van der Waals surface area contributed by atoms with Gasteiger partial charge in [-0.05, 0) is 37.1 Å². The van der Waals surface area contributed by atoms with Gasteiger partial charge in [-0.3, -0.25) is 4.79 Å². The molecule has 3 heterocycles. The Hall–Kier alpha value is -1.94. The van der Waals surface area contributed by atoms with Crippen molar-refractivity contribution in [2.24, 2.45) is 0 Å². The van der Waals surface area contributed by atoms with E-state index in [0.717, 1.165) is 45.3 Å². The molecule has 0 aliphatic carbocycles. The van der Waals surface area contributed by atoms with E-state index in [1.807, 2.05) is 24.3 Å². The average molecular weight is 453 g/mol. The molecule has 154 valence electrons. The van der Waals surface area contributed by atoms with Gasteiger partial charge in [-0.15, -0.1) is 11.3 Å². The number of sulfonamides is 1. The molecule has 1 fully saturated rings. The van der Waals surface area contributed by atoms with Crippen molar-refractivity contribution in [2.45, 2.75) is 23.0 Å². The van der Waals surface area contributed by atoms with Gasteiger partial charge in [-0.1, -0.05) is 23.7 Å². The number of aromatic amines is 1. The van der Waals surface area contributed by atoms with Crippen molar-refractivity contribution >= 4 is 49.9 Å². The lowest BCUT2D eigenvalue weighted by Gasteiger charge is -2.32. The smallest absolute Gasteiger partial charge is 0.252 e. The first kappa shape index (κ1) is 20.3. The van der Waals surface area contributed by atoms with Gasteiger partial charge < -0.3 is 9.88 Å². The third kappa shape index (κ3) is 4.18. The molecule has 29 heavy (non-hydrogen) atoms. The zero-order valence-electron chi connectivity index (χ0n) is 15.8. The Bertz CT molecular complexity index is 1100. The number of rotatable bonds is 5. The standard InChI is InChI=1S/C19H21ClN4O3S2/c1-23(29(26,27)18-7-6-16(20)28-18)12-17(25)24-10-8-13(9-11-24)19-21-14-4-2-3-5-15(14)22-19/h2-7,13H,8-12H2,1H3,(H,21,22). The number of fused-ring (bicyclic) bond motifs is 1. The van der Waals surface area contributed by atoms with Crippen LogP contribution in [0, 0.1) is 0 Å². The lowest BCUT2D eigenvalue weighted by Crippen LogP contribution is -2.44. The van der Waals surface area contributed by atoms with Crippen LogP contribution in [0.4, 0.5) is 0 Å². The van der Waals surface area contributed by atoms with Crippen LogP contribution in [-0.2, 0) is 14.8 Å². The minimum atomic E-state index is -3.72. The predicted octanol–water partition coefficient (Wildman–Crippen LogP) is 3.30. The van der Waals surface area contributed by atoms with E-state index in [4.69, 9.17) is 11.6 Å². The van der Waals surface area contributed by atoms with E-state index in [-0.39, 0.29) is 22.6 Å². The van der Waals surface area contributed by atoms with Gasteiger partial charge in [0.2, 0.25) is 5.91 Å². The second-order valence-electron chi connectivity index (χ2n) is 7.11. The lowest BCUT2D eigenvalue weighted by molar-refractivity contribution is -0.132. The summed E-state index contributed by atoms with van der Waals surface area (Å²) in [6, 6.07) is 10.9. The number of imidazole rings is 1. The molecule has 4 rings (SSSR count). The third-order valence-electron chi connectivity index (χ3n) is 5.21. The second-order valence-corrected chi connectivity index (χ2v) is 11.1. The van der Waals surface area contributed by atoms with Gasteiger partial charge >= 0.3 is 0 Å². The molecule has 1 amide bonds. The number of likely N-dealkylation sites (N-methyl/N-ethyl adjacent to an activating group) is 1. The van der Waals surface area contributed by atoms with Gasteiger partial charge in [-0.25, -0.2) is 13.4 Å². The van der Waals surface area contributed by atoms with Gasteiger partial charge in [0.05, 0.1) is 21.9 Å². The largest absolute Gasteiger partial charge is 0.342 e. The highest BCUT2D eigenvalue weighted by molar-refractivity contribution is 7.91. The van der Waals surface area contributed by atoms with Crippen molar-refractivity contribution in [2.75, 3.05) is 26.7 Å². The number of thiophene rings is 1. The monoisotopic (exact) mass is 452 g/mol. The number of piperidine rings is 1. The Labute approximate surface area is 178 Å². The maximum atomic E-state index is 12.6. The number of nitrogens with one attached hydrogen (secondary N) is 1. The van der Waals surface area contributed by atoms with Gasteiger partial charge in [-0.2, -0.15) is 4.31 Å². The molecule has 1 saturated heterocycles. The lowest BCUT2D eigenvalue weighted by atomic mass is 9.96. The normalized spacial score (nSPS) is 16.0. The zero-order chi connectivity index (χ0) is 20.6. The summed E-state index contributed by atoms with van der Waals surface area (Å²) >= 11 is 6.83. The highest BCUT2D eigenvalue weighted by atomic mass is 35.5. The molecule has 1 aromatic carbocycles. The number of hydrogen-bond acceptors (Lipinski definition) is 5. The fourth-order valence-corrected chi connectivity index (χ4v) is 6.35. The summed E-state index contributed by atoms with van der Waals surface area (Å²) in [7, 11) is -2.30. The van der Waals surface area contributed by atoms with E-state index >= 15 is 0 Å². The van der Waals surface area contributed by atoms with E-state index in [0.29, 0.717) is 17.4 Å². The summed E-state index contributed by atoms with van der Waals surface area (Å²) in [5.41, 5.74) is 1.96. The van der Waals surface area contributed by atoms with Crippen molar-refractivity contribution in [3.8, 4) is 0 Å². The van der Waals surface area contributed by atoms with Crippen LogP contribution in [-0.4, -0.2) is 60.2 Å². The first-order chi connectivity index (χ1) is 13.8. The Morgan fingerprint density at radius 1 is 1.28 bits per heavy atom. The van der Waals surface area contributed by atoms with Crippen molar-refractivity contribution in [1.82, 2.24) is 19.2 Å². The Balaban J connectivity index is 1.36. The first-order valence-corrected chi connectivity index (χ1v) is 11.9. The summed E-state index contributed by atoms with van der Waals surface area (Å²) < 4.78 is 26.8. The number of aromatic nitrogens is 2. The highest BCUT2D eigenvalue weighted by Gasteiger charge is 2.29. The van der Waals surface area contributed by atoms with Crippen molar-refractivity contribution in [1.29, 1.82) is 0 Å². The molecule has 0 radical (unpaired) electrons. The zero-order valence-corrected chi connectivity index (χ0v) is 18.2. The number of para-hydroxylation sites is 2. The van der Waals surface area contributed by atoms with Crippen LogP contribution < -0.4 is 0 Å². The summed E-state index contributed by atoms with van der Waals surface area (Å²) in [6.45, 7) is 0.978. The Kier molecular flexibility index (Phi) is 5.65. The molecular formula is C19H21ClN4O3S2. The average Bonchev–Trinajstić information content (AvgIpc) is 3.34. The summed E-state index contributed by atoms with van der Waals surface area (Å²) in [4.78, 5) is 22.4. The summed E-state index contributed by atoms with van der Waals surface area (Å²) in [5.74, 6) is 1.02. The molecule has 0 bridgehead atoms. The SMILES string of the molecule is CN(CC(=O)N1CCC(c2nc3ccccc3[nH]2)CC1)S(=O)(=O)c1ccc(Cl)s1. The van der Waals surface area contributed by atoms with Crippen LogP contribution in [0.3, 0.4) is 0 Å². The summed E-state index contributed by atoms with van der Waals surface area (Å²) in [5, 5.41) is 0. The molecule has 1 aliphatic heterocycles. The fourth-order valence-electron chi connectivity index (χ4n) is 3.53. The minimum absolute atomic E-state index is 0.140. The molecule has 1 aliphatic rings. The molecule has 0 spiro atoms. The Morgan fingerprint density at radius 2 is 2.00 bits per heavy atom. The number of halogens is 1. The molecule has 3 aromatic rings. The Morgan fingerprint density at radius 3 is 2.66 bits per heavy atom. The van der Waals surface area contributed by atoms with Gasteiger partial charge in [0.15, 0.2) is 0 Å². The molecule has 1 N–H and O–H groups in total. The van der Waals surface area contributed by atoms with Crippen LogP contribution >= 0.6 is 22.9 Å². The highest BCUT2D eigenvalue weighted by Crippen LogP contribution is 2.29. The van der Waals surface area contributed by atoms with Crippen molar-refractivity contribution in [3.63, 3.8) is 0 Å². The molecule has 0 unspecified atom stereocenters. The van der Waals surface area contributed by atoms with Gasteiger partial charge in [0.1, 0.15) is 10.0 Å². The number of hydrogen-bond donors (Lipinski definition) is 1. The molecular weight excluding hydrogens is 432 g/mol. The molecule has 2 aromatic heterocycles. The number of benzene rings is 1. The minimum Gasteiger partial charge on any atom is -0.342 e. The number of amides is 1. The van der Waals surface area contributed by atoms with E-state index < -0.39 is 10.0 Å². The maximum absolute atomic E-state index is 12.6. The number of H-pyrrole nitrogens is 1. The van der Waals surface area contributed by atoms with Crippen LogP contribution in [0.25, 0.3) is 11.0 Å². The molecule has 7 nitrogen and oxygen atoms in total. The van der Waals surface area contributed by atoms with Gasteiger partial charge in [0, 0.05) is 26.1 Å². The third-order valence-corrected chi connectivity index (χ3v) is 8.72.